The predicted molar refractivity (Wildman–Crippen MR) is 74.2 cm³/mol. The van der Waals surface area contributed by atoms with Crippen LogP contribution in [0.25, 0.3) is 0 Å². The van der Waals surface area contributed by atoms with Crippen molar-refractivity contribution in [3.05, 3.63) is 23.8 Å². The van der Waals surface area contributed by atoms with Crippen LogP contribution in [-0.2, 0) is 0 Å². The van der Waals surface area contributed by atoms with E-state index in [0.717, 1.165) is 30.1 Å². The van der Waals surface area contributed by atoms with Crippen LogP contribution in [-0.4, -0.2) is 24.2 Å². The maximum atomic E-state index is 11.0. The molecule has 5 heteroatoms. The Morgan fingerprint density at radius 1 is 1.59 bits per heavy atom. The Hall–Kier alpha value is -0.810. The van der Waals surface area contributed by atoms with Crippen molar-refractivity contribution in [1.29, 1.82) is 0 Å². The van der Waals surface area contributed by atoms with E-state index < -0.39 is 5.97 Å². The first-order valence-electron chi connectivity index (χ1n) is 5.55. The SMILES string of the molecule is CC1CCN(c2cc(C(=O)O)ccc2SS)C1. The third kappa shape index (κ3) is 2.72. The second kappa shape index (κ2) is 5.23. The van der Waals surface area contributed by atoms with Crippen LogP contribution in [0, 0.1) is 5.92 Å². The highest BCUT2D eigenvalue weighted by molar-refractivity contribution is 8.68. The molecule has 0 spiro atoms. The van der Waals surface area contributed by atoms with Crippen molar-refractivity contribution in [2.75, 3.05) is 18.0 Å². The van der Waals surface area contributed by atoms with Crippen molar-refractivity contribution in [3.63, 3.8) is 0 Å². The van der Waals surface area contributed by atoms with Crippen molar-refractivity contribution in [2.24, 2.45) is 5.92 Å². The molecule has 0 aromatic heterocycles. The number of benzene rings is 1. The monoisotopic (exact) mass is 269 g/mol. The third-order valence-electron chi connectivity index (χ3n) is 3.07. The Labute approximate surface area is 110 Å². The summed E-state index contributed by atoms with van der Waals surface area (Å²) in [6, 6.07) is 5.21. The van der Waals surface area contributed by atoms with Gasteiger partial charge in [-0.15, -0.1) is 11.7 Å². The molecule has 0 radical (unpaired) electrons. The minimum atomic E-state index is -0.880. The zero-order valence-corrected chi connectivity index (χ0v) is 11.3. The zero-order valence-electron chi connectivity index (χ0n) is 9.59. The fourth-order valence-corrected chi connectivity index (χ4v) is 3.00. The smallest absolute Gasteiger partial charge is 0.335 e. The highest BCUT2D eigenvalue weighted by Crippen LogP contribution is 2.35. The van der Waals surface area contributed by atoms with Gasteiger partial charge in [0.1, 0.15) is 0 Å². The van der Waals surface area contributed by atoms with E-state index in [0.29, 0.717) is 11.5 Å². The first-order valence-corrected chi connectivity index (χ1v) is 7.42. The molecule has 1 heterocycles. The van der Waals surface area contributed by atoms with Crippen molar-refractivity contribution in [2.45, 2.75) is 18.2 Å². The van der Waals surface area contributed by atoms with Crippen molar-refractivity contribution in [3.8, 4) is 0 Å². The molecule has 1 atom stereocenters. The van der Waals surface area contributed by atoms with Crippen molar-refractivity contribution in [1.82, 2.24) is 0 Å². The molecule has 1 fully saturated rings. The fourth-order valence-electron chi connectivity index (χ4n) is 2.13. The van der Waals surface area contributed by atoms with Gasteiger partial charge in [-0.3, -0.25) is 0 Å². The average Bonchev–Trinajstić information content (AvgIpc) is 2.74. The summed E-state index contributed by atoms with van der Waals surface area (Å²) in [5, 5.41) is 9.02. The summed E-state index contributed by atoms with van der Waals surface area (Å²) in [5.74, 6) is -0.213. The summed E-state index contributed by atoms with van der Waals surface area (Å²) in [7, 11) is 1.36. The van der Waals surface area contributed by atoms with Gasteiger partial charge in [-0.05, 0) is 30.5 Å². The molecule has 0 saturated carbocycles. The largest absolute Gasteiger partial charge is 0.478 e. The van der Waals surface area contributed by atoms with Crippen LogP contribution in [0.15, 0.2) is 23.1 Å². The van der Waals surface area contributed by atoms with E-state index >= 15 is 0 Å². The van der Waals surface area contributed by atoms with E-state index in [1.165, 1.54) is 10.8 Å². The fraction of sp³-hybridized carbons (Fsp3) is 0.417. The zero-order chi connectivity index (χ0) is 12.4. The molecule has 0 amide bonds. The number of aromatic carboxylic acids is 1. The lowest BCUT2D eigenvalue weighted by Gasteiger charge is -2.21. The van der Waals surface area contributed by atoms with Gasteiger partial charge >= 0.3 is 5.97 Å². The van der Waals surface area contributed by atoms with Crippen LogP contribution in [0.2, 0.25) is 0 Å². The second-order valence-corrected chi connectivity index (χ2v) is 5.59. The molecule has 0 aliphatic carbocycles. The predicted octanol–water partition coefficient (Wildman–Crippen LogP) is 3.17. The van der Waals surface area contributed by atoms with Crippen molar-refractivity contribution < 1.29 is 9.90 Å². The van der Waals surface area contributed by atoms with E-state index in [1.54, 1.807) is 12.1 Å². The highest BCUT2D eigenvalue weighted by atomic mass is 33.1. The van der Waals surface area contributed by atoms with Crippen LogP contribution in [0.1, 0.15) is 23.7 Å². The summed E-state index contributed by atoms with van der Waals surface area (Å²) in [6.07, 6.45) is 1.16. The summed E-state index contributed by atoms with van der Waals surface area (Å²) in [6.45, 7) is 4.20. The van der Waals surface area contributed by atoms with Crippen LogP contribution < -0.4 is 4.90 Å². The summed E-state index contributed by atoms with van der Waals surface area (Å²) >= 11 is 4.22. The number of hydrogen-bond donors (Lipinski definition) is 2. The molecular formula is C12H15NO2S2. The third-order valence-corrected chi connectivity index (χ3v) is 4.20. The first kappa shape index (κ1) is 12.6. The van der Waals surface area contributed by atoms with Gasteiger partial charge in [-0.25, -0.2) is 4.79 Å². The summed E-state index contributed by atoms with van der Waals surface area (Å²) < 4.78 is 0. The first-order chi connectivity index (χ1) is 8.11. The lowest BCUT2D eigenvalue weighted by atomic mass is 10.1. The number of carboxylic acids is 1. The molecule has 0 bridgehead atoms. The summed E-state index contributed by atoms with van der Waals surface area (Å²) in [5.41, 5.74) is 1.33. The van der Waals surface area contributed by atoms with Gasteiger partial charge in [-0.1, -0.05) is 17.7 Å². The van der Waals surface area contributed by atoms with Gasteiger partial charge in [0.25, 0.3) is 0 Å². The minimum absolute atomic E-state index is 0.339. The molecular weight excluding hydrogens is 254 g/mol. The molecule has 1 unspecified atom stereocenters. The molecule has 3 nitrogen and oxygen atoms in total. The van der Waals surface area contributed by atoms with E-state index in [9.17, 15) is 4.79 Å². The van der Waals surface area contributed by atoms with Crippen LogP contribution in [0.4, 0.5) is 5.69 Å². The van der Waals surface area contributed by atoms with Gasteiger partial charge in [0, 0.05) is 18.0 Å². The van der Waals surface area contributed by atoms with Gasteiger partial charge in [0.15, 0.2) is 0 Å². The Morgan fingerprint density at radius 2 is 2.35 bits per heavy atom. The normalized spacial score (nSPS) is 19.6. The standard InChI is InChI=1S/C12H15NO2S2/c1-8-4-5-13(7-8)10-6-9(12(14)15)2-3-11(10)17-16/h2-3,6,8,16H,4-5,7H2,1H3,(H,14,15). The Kier molecular flexibility index (Phi) is 3.89. The molecule has 17 heavy (non-hydrogen) atoms. The quantitative estimate of drug-likeness (QED) is 0.653. The number of carbonyl (C=O) groups is 1. The molecule has 1 N–H and O–H groups in total. The summed E-state index contributed by atoms with van der Waals surface area (Å²) in [4.78, 5) is 14.3. The number of anilines is 1. The number of carboxylic acid groups (broad SMARTS) is 1. The van der Waals surface area contributed by atoms with E-state index in [1.807, 2.05) is 6.07 Å². The molecule has 1 aromatic carbocycles. The number of nitrogens with zero attached hydrogens (tertiary/aromatic N) is 1. The average molecular weight is 269 g/mol. The number of thiol groups is 1. The molecule has 1 aliphatic heterocycles. The van der Waals surface area contributed by atoms with Gasteiger partial charge < -0.3 is 10.0 Å². The highest BCUT2D eigenvalue weighted by Gasteiger charge is 2.22. The molecule has 1 aliphatic rings. The Balaban J connectivity index is 2.35. The molecule has 1 aromatic rings. The molecule has 2 rings (SSSR count). The topological polar surface area (TPSA) is 40.5 Å². The molecule has 92 valence electrons. The second-order valence-electron chi connectivity index (χ2n) is 4.42. The van der Waals surface area contributed by atoms with Crippen LogP contribution in [0.5, 0.6) is 0 Å². The number of hydrogen-bond acceptors (Lipinski definition) is 4. The lowest BCUT2D eigenvalue weighted by molar-refractivity contribution is 0.0697. The van der Waals surface area contributed by atoms with Crippen molar-refractivity contribution >= 4 is 34.1 Å². The van der Waals surface area contributed by atoms with E-state index in [-0.39, 0.29) is 0 Å². The maximum Gasteiger partial charge on any atom is 0.335 e. The lowest BCUT2D eigenvalue weighted by Crippen LogP contribution is -2.20. The van der Waals surface area contributed by atoms with Crippen LogP contribution >= 0.6 is 22.5 Å². The maximum absolute atomic E-state index is 11.0. The van der Waals surface area contributed by atoms with Crippen LogP contribution in [0.3, 0.4) is 0 Å². The van der Waals surface area contributed by atoms with Gasteiger partial charge in [0.2, 0.25) is 0 Å². The Bertz CT molecular complexity index is 437. The number of rotatable bonds is 3. The van der Waals surface area contributed by atoms with E-state index in [4.69, 9.17) is 5.11 Å². The van der Waals surface area contributed by atoms with Gasteiger partial charge in [0.05, 0.1) is 11.3 Å². The van der Waals surface area contributed by atoms with E-state index in [2.05, 4.69) is 23.5 Å². The Morgan fingerprint density at radius 3 is 2.88 bits per heavy atom. The molecule has 1 saturated heterocycles. The minimum Gasteiger partial charge on any atom is -0.478 e. The van der Waals surface area contributed by atoms with Gasteiger partial charge in [-0.2, -0.15) is 0 Å².